The molecule has 1 N–H and O–H groups in total. The first-order chi connectivity index (χ1) is 10.3. The molecule has 1 aromatic carbocycles. The zero-order valence-electron chi connectivity index (χ0n) is 12.0. The minimum Gasteiger partial charge on any atom is -0.463 e. The van der Waals surface area contributed by atoms with Crippen LogP contribution < -0.4 is 5.32 Å². The average molecular weight is 306 g/mol. The zero-order chi connectivity index (χ0) is 14.7. The van der Waals surface area contributed by atoms with Gasteiger partial charge in [-0.2, -0.15) is 0 Å². The number of amides is 1. The molecule has 0 radical (unpaired) electrons. The summed E-state index contributed by atoms with van der Waals surface area (Å²) in [4.78, 5) is 12.4. The molecule has 0 spiro atoms. The van der Waals surface area contributed by atoms with Gasteiger partial charge in [-0.3, -0.25) is 4.79 Å². The van der Waals surface area contributed by atoms with E-state index in [0.717, 1.165) is 17.4 Å². The van der Waals surface area contributed by atoms with Crippen molar-refractivity contribution in [1.29, 1.82) is 0 Å². The fourth-order valence-electron chi connectivity index (χ4n) is 3.23. The normalized spacial score (nSPS) is 22.3. The third kappa shape index (κ3) is 3.08. The van der Waals surface area contributed by atoms with Crippen LogP contribution in [0.15, 0.2) is 34.9 Å². The van der Waals surface area contributed by atoms with Crippen LogP contribution in [0, 0.1) is 11.8 Å². The van der Waals surface area contributed by atoms with Gasteiger partial charge >= 0.3 is 0 Å². The first-order valence-corrected chi connectivity index (χ1v) is 8.13. The lowest BCUT2D eigenvalue weighted by Crippen LogP contribution is -2.34. The molecule has 1 amide bonds. The van der Waals surface area contributed by atoms with Crippen LogP contribution in [0.4, 0.5) is 0 Å². The first kappa shape index (κ1) is 14.5. The van der Waals surface area contributed by atoms with Crippen LogP contribution in [0.2, 0.25) is 0 Å². The molecule has 2 aromatic rings. The largest absolute Gasteiger partial charge is 0.463 e. The number of hydrogen-bond donors (Lipinski definition) is 1. The molecule has 3 nitrogen and oxygen atoms in total. The summed E-state index contributed by atoms with van der Waals surface area (Å²) >= 11 is 6.04. The molecule has 21 heavy (non-hydrogen) atoms. The van der Waals surface area contributed by atoms with Gasteiger partial charge in [0.15, 0.2) is 0 Å². The zero-order valence-corrected chi connectivity index (χ0v) is 12.7. The molecule has 1 aliphatic rings. The van der Waals surface area contributed by atoms with Crippen molar-refractivity contribution in [3.05, 3.63) is 36.1 Å². The number of fused-ring (bicyclic) bond motifs is 1. The third-order valence-electron chi connectivity index (χ3n) is 4.52. The summed E-state index contributed by atoms with van der Waals surface area (Å²) < 4.78 is 5.42. The number of rotatable bonds is 4. The molecule has 2 atom stereocenters. The highest BCUT2D eigenvalue weighted by molar-refractivity contribution is 6.18. The molecule has 0 saturated heterocycles. The minimum absolute atomic E-state index is 0.0566. The Balaban J connectivity index is 1.66. The van der Waals surface area contributed by atoms with Crippen LogP contribution in [0.25, 0.3) is 11.0 Å². The number of alkyl halides is 1. The lowest BCUT2D eigenvalue weighted by atomic mass is 9.80. The summed E-state index contributed by atoms with van der Waals surface area (Å²) in [6, 6.07) is 7.60. The van der Waals surface area contributed by atoms with E-state index in [1.54, 1.807) is 6.26 Å². The van der Waals surface area contributed by atoms with Gasteiger partial charge in [0.05, 0.1) is 5.56 Å². The van der Waals surface area contributed by atoms with E-state index in [2.05, 4.69) is 5.32 Å². The number of carbonyl (C=O) groups excluding carboxylic acids is 1. The molecule has 1 fully saturated rings. The Morgan fingerprint density at radius 2 is 2.00 bits per heavy atom. The van der Waals surface area contributed by atoms with Crippen molar-refractivity contribution in [2.75, 3.05) is 12.4 Å². The van der Waals surface area contributed by atoms with Crippen LogP contribution in [0.5, 0.6) is 0 Å². The second-order valence-corrected chi connectivity index (χ2v) is 6.12. The van der Waals surface area contributed by atoms with Gasteiger partial charge < -0.3 is 9.73 Å². The average Bonchev–Trinajstić information content (AvgIpc) is 2.97. The van der Waals surface area contributed by atoms with Crippen LogP contribution in [0.3, 0.4) is 0 Å². The van der Waals surface area contributed by atoms with E-state index in [1.165, 1.54) is 19.3 Å². The van der Waals surface area contributed by atoms with Crippen molar-refractivity contribution in [3.63, 3.8) is 0 Å². The van der Waals surface area contributed by atoms with Crippen molar-refractivity contribution < 1.29 is 9.21 Å². The Labute approximate surface area is 129 Å². The number of benzene rings is 1. The summed E-state index contributed by atoms with van der Waals surface area (Å²) in [6.07, 6.45) is 6.37. The first-order valence-electron chi connectivity index (χ1n) is 7.60. The van der Waals surface area contributed by atoms with Crippen LogP contribution >= 0.6 is 11.6 Å². The molecule has 0 bridgehead atoms. The fraction of sp³-hybridized carbons (Fsp3) is 0.471. The Bertz CT molecular complexity index is 622. The quantitative estimate of drug-likeness (QED) is 0.860. The molecule has 0 aliphatic heterocycles. The van der Waals surface area contributed by atoms with Gasteiger partial charge in [0.2, 0.25) is 0 Å². The Hall–Kier alpha value is -1.48. The van der Waals surface area contributed by atoms with Crippen molar-refractivity contribution >= 4 is 28.5 Å². The maximum Gasteiger partial charge on any atom is 0.255 e. The van der Waals surface area contributed by atoms with Crippen molar-refractivity contribution in [3.8, 4) is 0 Å². The molecule has 3 rings (SSSR count). The van der Waals surface area contributed by atoms with Gasteiger partial charge in [-0.1, -0.05) is 31.0 Å². The molecule has 1 heterocycles. The second kappa shape index (κ2) is 6.52. The highest BCUT2D eigenvalue weighted by atomic mass is 35.5. The fourth-order valence-corrected chi connectivity index (χ4v) is 3.64. The maximum atomic E-state index is 12.4. The number of furan rings is 1. The van der Waals surface area contributed by atoms with E-state index in [9.17, 15) is 4.79 Å². The van der Waals surface area contributed by atoms with Gasteiger partial charge in [-0.05, 0) is 30.7 Å². The minimum atomic E-state index is -0.0566. The molecular formula is C17H20ClNO2. The van der Waals surface area contributed by atoms with E-state index in [1.807, 2.05) is 24.3 Å². The van der Waals surface area contributed by atoms with Gasteiger partial charge in [-0.25, -0.2) is 0 Å². The third-order valence-corrected chi connectivity index (χ3v) is 4.91. The highest BCUT2D eigenvalue weighted by Crippen LogP contribution is 2.30. The Morgan fingerprint density at radius 3 is 2.81 bits per heavy atom. The van der Waals surface area contributed by atoms with E-state index in [-0.39, 0.29) is 5.91 Å². The Kier molecular flexibility index (Phi) is 4.49. The molecule has 1 saturated carbocycles. The number of carbonyl (C=O) groups is 1. The topological polar surface area (TPSA) is 42.2 Å². The smallest absolute Gasteiger partial charge is 0.255 e. The molecule has 1 aromatic heterocycles. The standard InChI is InChI=1S/C17H20ClNO2/c18-9-12-5-1-2-6-13(12)10-19-17(20)15-11-21-16-8-4-3-7-14(15)16/h3-4,7-8,11-13H,1-2,5-6,9-10H2,(H,19,20). The van der Waals surface area contributed by atoms with E-state index >= 15 is 0 Å². The molecule has 1 aliphatic carbocycles. The van der Waals surface area contributed by atoms with Gasteiger partial charge in [0.25, 0.3) is 5.91 Å². The summed E-state index contributed by atoms with van der Waals surface area (Å²) in [5.74, 6) is 1.66. The monoisotopic (exact) mass is 305 g/mol. The summed E-state index contributed by atoms with van der Waals surface area (Å²) in [5, 5.41) is 3.92. The van der Waals surface area contributed by atoms with Crippen LogP contribution in [-0.4, -0.2) is 18.3 Å². The lowest BCUT2D eigenvalue weighted by molar-refractivity contribution is 0.0937. The SMILES string of the molecule is O=C(NCC1CCCCC1CCl)c1coc2ccccc12. The molecule has 112 valence electrons. The summed E-state index contributed by atoms with van der Waals surface area (Å²) in [7, 11) is 0. The Morgan fingerprint density at radius 1 is 1.24 bits per heavy atom. The van der Waals surface area contributed by atoms with E-state index in [4.69, 9.17) is 16.0 Å². The second-order valence-electron chi connectivity index (χ2n) is 5.81. The molecular weight excluding hydrogens is 286 g/mol. The maximum absolute atomic E-state index is 12.4. The number of halogens is 1. The van der Waals surface area contributed by atoms with Crippen molar-refractivity contribution in [1.82, 2.24) is 5.32 Å². The van der Waals surface area contributed by atoms with Crippen molar-refractivity contribution in [2.45, 2.75) is 25.7 Å². The van der Waals surface area contributed by atoms with Gasteiger partial charge in [0, 0.05) is 17.8 Å². The van der Waals surface area contributed by atoms with Crippen LogP contribution in [-0.2, 0) is 0 Å². The number of nitrogens with one attached hydrogen (secondary N) is 1. The highest BCUT2D eigenvalue weighted by Gasteiger charge is 2.25. The predicted molar refractivity (Wildman–Crippen MR) is 84.7 cm³/mol. The predicted octanol–water partition coefficient (Wildman–Crippen LogP) is 4.21. The molecule has 4 heteroatoms. The van der Waals surface area contributed by atoms with Gasteiger partial charge in [0.1, 0.15) is 11.8 Å². The molecule has 2 unspecified atom stereocenters. The van der Waals surface area contributed by atoms with Gasteiger partial charge in [-0.15, -0.1) is 11.6 Å². The van der Waals surface area contributed by atoms with Crippen LogP contribution in [0.1, 0.15) is 36.0 Å². The van der Waals surface area contributed by atoms with Crippen molar-refractivity contribution in [2.24, 2.45) is 11.8 Å². The lowest BCUT2D eigenvalue weighted by Gasteiger charge is -2.30. The number of para-hydroxylation sites is 1. The van der Waals surface area contributed by atoms with E-state index in [0.29, 0.717) is 29.8 Å². The number of hydrogen-bond acceptors (Lipinski definition) is 2. The summed E-state index contributed by atoms with van der Waals surface area (Å²) in [5.41, 5.74) is 1.36. The summed E-state index contributed by atoms with van der Waals surface area (Å²) in [6.45, 7) is 0.704. The van der Waals surface area contributed by atoms with E-state index < -0.39 is 0 Å².